The summed E-state index contributed by atoms with van der Waals surface area (Å²) in [5.41, 5.74) is 0. The predicted octanol–water partition coefficient (Wildman–Crippen LogP) is 3.32. The molecule has 1 aromatic rings. The molecule has 0 aliphatic heterocycles. The summed E-state index contributed by atoms with van der Waals surface area (Å²) in [6.45, 7) is 0.338. The fourth-order valence-electron chi connectivity index (χ4n) is 2.20. The molecular formula is C12H14BrClFNO2S. The van der Waals surface area contributed by atoms with E-state index in [-0.39, 0.29) is 15.8 Å². The SMILES string of the molecule is O=S(=O)(NCC1CCCC1Br)c1cc(F)ccc1Cl. The first-order valence-electron chi connectivity index (χ1n) is 5.99. The molecule has 2 rings (SSSR count). The highest BCUT2D eigenvalue weighted by atomic mass is 79.9. The molecule has 0 aromatic heterocycles. The van der Waals surface area contributed by atoms with Gasteiger partial charge in [-0.3, -0.25) is 0 Å². The molecule has 1 aliphatic carbocycles. The monoisotopic (exact) mass is 369 g/mol. The van der Waals surface area contributed by atoms with E-state index in [1.54, 1.807) is 0 Å². The second-order valence-electron chi connectivity index (χ2n) is 4.63. The maximum Gasteiger partial charge on any atom is 0.242 e. The summed E-state index contributed by atoms with van der Waals surface area (Å²) in [5, 5.41) is 0.0238. The van der Waals surface area contributed by atoms with Crippen LogP contribution in [-0.2, 0) is 10.0 Å². The van der Waals surface area contributed by atoms with Crippen LogP contribution in [0.25, 0.3) is 0 Å². The largest absolute Gasteiger partial charge is 0.242 e. The molecule has 0 spiro atoms. The molecule has 0 radical (unpaired) electrons. The minimum Gasteiger partial charge on any atom is -0.211 e. The highest BCUT2D eigenvalue weighted by Gasteiger charge is 2.27. The van der Waals surface area contributed by atoms with Crippen LogP contribution in [0.2, 0.25) is 5.02 Å². The van der Waals surface area contributed by atoms with Crippen molar-refractivity contribution >= 4 is 37.6 Å². The van der Waals surface area contributed by atoms with E-state index in [1.165, 1.54) is 6.07 Å². The molecule has 0 bridgehead atoms. The van der Waals surface area contributed by atoms with Crippen molar-refractivity contribution in [2.45, 2.75) is 29.0 Å². The molecule has 3 nitrogen and oxygen atoms in total. The second kappa shape index (κ2) is 6.08. The second-order valence-corrected chi connectivity index (χ2v) is 7.95. The topological polar surface area (TPSA) is 46.2 Å². The molecule has 1 N–H and O–H groups in total. The van der Waals surface area contributed by atoms with Gasteiger partial charge in [0.05, 0.1) is 5.02 Å². The molecule has 106 valence electrons. The predicted molar refractivity (Wildman–Crippen MR) is 76.7 cm³/mol. The third-order valence-corrected chi connectivity index (χ3v) is 6.40. The van der Waals surface area contributed by atoms with Gasteiger partial charge in [-0.25, -0.2) is 17.5 Å². The van der Waals surface area contributed by atoms with Crippen LogP contribution in [0, 0.1) is 11.7 Å². The minimum absolute atomic E-state index is 0.0238. The van der Waals surface area contributed by atoms with Crippen molar-refractivity contribution in [3.63, 3.8) is 0 Å². The van der Waals surface area contributed by atoms with Crippen LogP contribution >= 0.6 is 27.5 Å². The normalized spacial score (nSPS) is 23.7. The van der Waals surface area contributed by atoms with Crippen LogP contribution in [0.15, 0.2) is 23.1 Å². The van der Waals surface area contributed by atoms with Gasteiger partial charge in [0, 0.05) is 11.4 Å². The molecule has 1 aromatic carbocycles. The summed E-state index contributed by atoms with van der Waals surface area (Å²) < 4.78 is 39.8. The Balaban J connectivity index is 2.12. The third kappa shape index (κ3) is 3.68. The van der Waals surface area contributed by atoms with Crippen LogP contribution in [0.3, 0.4) is 0 Å². The maximum absolute atomic E-state index is 13.1. The summed E-state index contributed by atoms with van der Waals surface area (Å²) >= 11 is 9.34. The van der Waals surface area contributed by atoms with Gasteiger partial charge in [0.2, 0.25) is 10.0 Å². The van der Waals surface area contributed by atoms with Crippen molar-refractivity contribution in [2.75, 3.05) is 6.54 Å². The van der Waals surface area contributed by atoms with Crippen LogP contribution in [-0.4, -0.2) is 19.8 Å². The van der Waals surface area contributed by atoms with Crippen molar-refractivity contribution in [2.24, 2.45) is 5.92 Å². The van der Waals surface area contributed by atoms with E-state index >= 15 is 0 Å². The molecule has 1 aliphatic rings. The third-order valence-electron chi connectivity index (χ3n) is 3.28. The fraction of sp³-hybridized carbons (Fsp3) is 0.500. The number of nitrogens with one attached hydrogen (secondary N) is 1. The molecule has 0 amide bonds. The number of alkyl halides is 1. The lowest BCUT2D eigenvalue weighted by molar-refractivity contribution is 0.528. The summed E-state index contributed by atoms with van der Waals surface area (Å²) in [4.78, 5) is 0.122. The lowest BCUT2D eigenvalue weighted by Crippen LogP contribution is -2.31. The van der Waals surface area contributed by atoms with Gasteiger partial charge in [-0.2, -0.15) is 0 Å². The van der Waals surface area contributed by atoms with Crippen molar-refractivity contribution in [3.8, 4) is 0 Å². The van der Waals surface area contributed by atoms with Gasteiger partial charge in [0.25, 0.3) is 0 Å². The van der Waals surface area contributed by atoms with Gasteiger partial charge in [0.1, 0.15) is 10.7 Å². The Kier molecular flexibility index (Phi) is 4.87. The number of halogens is 3. The van der Waals surface area contributed by atoms with Crippen LogP contribution in [0.1, 0.15) is 19.3 Å². The van der Waals surface area contributed by atoms with Crippen LogP contribution < -0.4 is 4.72 Å². The highest BCUT2D eigenvalue weighted by Crippen LogP contribution is 2.31. The van der Waals surface area contributed by atoms with Gasteiger partial charge >= 0.3 is 0 Å². The van der Waals surface area contributed by atoms with Gasteiger partial charge in [-0.15, -0.1) is 0 Å². The van der Waals surface area contributed by atoms with Gasteiger partial charge in [-0.05, 0) is 37.0 Å². The number of hydrogen-bond donors (Lipinski definition) is 1. The van der Waals surface area contributed by atoms with E-state index in [4.69, 9.17) is 11.6 Å². The van der Waals surface area contributed by atoms with E-state index in [0.717, 1.165) is 31.4 Å². The van der Waals surface area contributed by atoms with Gasteiger partial charge in [-0.1, -0.05) is 34.0 Å². The van der Waals surface area contributed by atoms with Crippen molar-refractivity contribution in [1.82, 2.24) is 4.72 Å². The first-order valence-corrected chi connectivity index (χ1v) is 8.76. The average Bonchev–Trinajstić information content (AvgIpc) is 2.75. The Hall–Kier alpha value is -0.170. The zero-order chi connectivity index (χ0) is 14.0. The molecule has 7 heteroatoms. The summed E-state index contributed by atoms with van der Waals surface area (Å²) in [7, 11) is -3.77. The Morgan fingerprint density at radius 3 is 2.79 bits per heavy atom. The molecule has 0 saturated heterocycles. The minimum atomic E-state index is -3.77. The zero-order valence-corrected chi connectivity index (χ0v) is 13.2. The van der Waals surface area contributed by atoms with E-state index in [9.17, 15) is 12.8 Å². The van der Waals surface area contributed by atoms with Crippen LogP contribution in [0.5, 0.6) is 0 Å². The lowest BCUT2D eigenvalue weighted by Gasteiger charge is -2.15. The fourth-order valence-corrected chi connectivity index (χ4v) is 4.58. The summed E-state index contributed by atoms with van der Waals surface area (Å²) in [6, 6.07) is 3.31. The molecule has 2 atom stereocenters. The van der Waals surface area contributed by atoms with Gasteiger partial charge in [0.15, 0.2) is 0 Å². The van der Waals surface area contributed by atoms with Crippen molar-refractivity contribution in [3.05, 3.63) is 29.0 Å². The van der Waals surface area contributed by atoms with E-state index in [0.29, 0.717) is 11.4 Å². The molecule has 2 unspecified atom stereocenters. The molecular weight excluding hydrogens is 357 g/mol. The smallest absolute Gasteiger partial charge is 0.211 e. The number of hydrogen-bond acceptors (Lipinski definition) is 2. The Labute approximate surface area is 125 Å². The number of benzene rings is 1. The highest BCUT2D eigenvalue weighted by molar-refractivity contribution is 9.09. The Bertz CT molecular complexity index is 567. The van der Waals surface area contributed by atoms with Crippen molar-refractivity contribution < 1.29 is 12.8 Å². The van der Waals surface area contributed by atoms with E-state index < -0.39 is 15.8 Å². The first-order chi connectivity index (χ1) is 8.90. The molecule has 19 heavy (non-hydrogen) atoms. The average molecular weight is 371 g/mol. The number of sulfonamides is 1. The first kappa shape index (κ1) is 15.2. The van der Waals surface area contributed by atoms with Crippen LogP contribution in [0.4, 0.5) is 4.39 Å². The Morgan fingerprint density at radius 1 is 1.42 bits per heavy atom. The standard InChI is InChI=1S/C12H14BrClFNO2S/c13-10-3-1-2-8(10)7-16-19(17,18)12-6-9(15)4-5-11(12)14/h4-6,8,10,16H,1-3,7H2. The Morgan fingerprint density at radius 2 is 2.16 bits per heavy atom. The van der Waals surface area contributed by atoms with E-state index in [2.05, 4.69) is 20.7 Å². The summed E-state index contributed by atoms with van der Waals surface area (Å²) in [6.07, 6.45) is 3.12. The molecule has 1 fully saturated rings. The maximum atomic E-state index is 13.1. The zero-order valence-electron chi connectivity index (χ0n) is 10.1. The molecule has 1 saturated carbocycles. The lowest BCUT2D eigenvalue weighted by atomic mass is 10.1. The van der Waals surface area contributed by atoms with Crippen molar-refractivity contribution in [1.29, 1.82) is 0 Å². The quantitative estimate of drug-likeness (QED) is 0.827. The number of rotatable bonds is 4. The van der Waals surface area contributed by atoms with E-state index in [1.807, 2.05) is 0 Å². The summed E-state index contributed by atoms with van der Waals surface area (Å²) in [5.74, 6) is -0.355. The van der Waals surface area contributed by atoms with Gasteiger partial charge < -0.3 is 0 Å². The molecule has 0 heterocycles.